The van der Waals surface area contributed by atoms with Gasteiger partial charge in [0.25, 0.3) is 0 Å². The highest BCUT2D eigenvalue weighted by Crippen LogP contribution is 2.51. The van der Waals surface area contributed by atoms with E-state index >= 15 is 0 Å². The molecule has 5 heteroatoms. The van der Waals surface area contributed by atoms with Gasteiger partial charge in [-0.1, -0.05) is 39.0 Å². The molecule has 1 fully saturated rings. The van der Waals surface area contributed by atoms with Crippen molar-refractivity contribution in [1.29, 1.82) is 0 Å². The van der Waals surface area contributed by atoms with Crippen LogP contribution in [0.2, 0.25) is 0 Å². The lowest BCUT2D eigenvalue weighted by Gasteiger charge is -2.30. The molecule has 0 radical (unpaired) electrons. The Kier molecular flexibility index (Phi) is 5.75. The van der Waals surface area contributed by atoms with E-state index < -0.39 is 16.8 Å². The van der Waals surface area contributed by atoms with Gasteiger partial charge in [-0.15, -0.1) is 0 Å². The van der Waals surface area contributed by atoms with Crippen molar-refractivity contribution in [3.63, 3.8) is 0 Å². The maximum atomic E-state index is 12.6. The molecular weight excluding hydrogens is 324 g/mol. The minimum atomic E-state index is -1.29. The average molecular weight is 348 g/mol. The summed E-state index contributed by atoms with van der Waals surface area (Å²) >= 11 is 0. The van der Waals surface area contributed by atoms with Crippen LogP contribution in [0.4, 0.5) is 0 Å². The minimum absolute atomic E-state index is 0.129. The first kappa shape index (κ1) is 18.6. The van der Waals surface area contributed by atoms with E-state index in [1.165, 1.54) is 6.92 Å². The zero-order valence-electron chi connectivity index (χ0n) is 14.6. The first-order chi connectivity index (χ1) is 11.2. The molecule has 1 aromatic rings. The van der Waals surface area contributed by atoms with Crippen LogP contribution in [0.15, 0.2) is 46.2 Å². The van der Waals surface area contributed by atoms with E-state index in [1.54, 1.807) is 5.41 Å². The van der Waals surface area contributed by atoms with Crippen molar-refractivity contribution < 1.29 is 18.5 Å². The van der Waals surface area contributed by atoms with Crippen molar-refractivity contribution >= 4 is 22.6 Å². The fourth-order valence-electron chi connectivity index (χ4n) is 3.25. The highest BCUT2D eigenvalue weighted by molar-refractivity contribution is 7.88. The average Bonchev–Trinajstić information content (AvgIpc) is 2.75. The van der Waals surface area contributed by atoms with Crippen LogP contribution in [0.5, 0.6) is 0 Å². The van der Waals surface area contributed by atoms with E-state index in [0.29, 0.717) is 4.90 Å². The lowest BCUT2D eigenvalue weighted by atomic mass is 9.74. The number of rotatable bonds is 5. The van der Waals surface area contributed by atoms with Crippen molar-refractivity contribution in [2.45, 2.75) is 39.0 Å². The molecule has 130 valence electrons. The number of Topliss-reactive ketones (excluding diaryl/α,β-unsaturated/α-hetero) is 1. The molecule has 0 saturated heterocycles. The monoisotopic (exact) mass is 348 g/mol. The molecule has 0 aromatic heterocycles. The zero-order valence-corrected chi connectivity index (χ0v) is 15.4. The number of carbonyl (C=O) groups is 2. The first-order valence-corrected chi connectivity index (χ1v) is 9.27. The third-order valence-electron chi connectivity index (χ3n) is 4.90. The molecule has 0 heterocycles. The van der Waals surface area contributed by atoms with Crippen LogP contribution in [0.1, 0.15) is 34.1 Å². The van der Waals surface area contributed by atoms with Crippen LogP contribution >= 0.6 is 0 Å². The second-order valence-electron chi connectivity index (χ2n) is 6.91. The molecule has 1 saturated carbocycles. The van der Waals surface area contributed by atoms with Gasteiger partial charge in [0.1, 0.15) is 0 Å². The van der Waals surface area contributed by atoms with Gasteiger partial charge in [0.15, 0.2) is 12.4 Å². The van der Waals surface area contributed by atoms with E-state index in [0.717, 1.165) is 12.0 Å². The molecule has 3 atom stereocenters. The number of benzene rings is 1. The Morgan fingerprint density at radius 3 is 2.50 bits per heavy atom. The molecule has 0 amide bonds. The van der Waals surface area contributed by atoms with Gasteiger partial charge in [-0.05, 0) is 35.5 Å². The van der Waals surface area contributed by atoms with Gasteiger partial charge >= 0.3 is 5.97 Å². The molecule has 24 heavy (non-hydrogen) atoms. The molecule has 1 unspecified atom stereocenters. The van der Waals surface area contributed by atoms with Gasteiger partial charge in [-0.25, -0.2) is 4.21 Å². The van der Waals surface area contributed by atoms with Crippen molar-refractivity contribution in [2.24, 2.45) is 17.3 Å². The normalized spacial score (nSPS) is 25.4. The maximum absolute atomic E-state index is 12.6. The van der Waals surface area contributed by atoms with Crippen LogP contribution in [-0.2, 0) is 25.1 Å². The Labute approximate surface area is 145 Å². The van der Waals surface area contributed by atoms with Crippen molar-refractivity contribution in [1.82, 2.24) is 0 Å². The molecule has 0 N–H and O–H groups in total. The fourth-order valence-corrected chi connectivity index (χ4v) is 4.32. The van der Waals surface area contributed by atoms with Crippen LogP contribution in [-0.4, -0.2) is 22.6 Å². The summed E-state index contributed by atoms with van der Waals surface area (Å²) in [6, 6.07) is 9.19. The topological polar surface area (TPSA) is 60.4 Å². The smallest absolute Gasteiger partial charge is 0.303 e. The number of carbonyl (C=O) groups excluding carboxylic acids is 2. The summed E-state index contributed by atoms with van der Waals surface area (Å²) < 4.78 is 17.5. The Morgan fingerprint density at radius 2 is 1.92 bits per heavy atom. The van der Waals surface area contributed by atoms with Gasteiger partial charge in [-0.2, -0.15) is 0 Å². The van der Waals surface area contributed by atoms with Crippen LogP contribution in [0, 0.1) is 17.3 Å². The molecule has 1 aliphatic carbocycles. The van der Waals surface area contributed by atoms with Crippen molar-refractivity contribution in [3.05, 3.63) is 41.3 Å². The molecule has 2 rings (SSSR count). The summed E-state index contributed by atoms with van der Waals surface area (Å²) in [6.45, 7) is 7.24. The molecular formula is C19H24O4S. The summed E-state index contributed by atoms with van der Waals surface area (Å²) in [6.07, 6.45) is 0.724. The number of hydrogen-bond donors (Lipinski definition) is 0. The third kappa shape index (κ3) is 4.01. The van der Waals surface area contributed by atoms with Crippen molar-refractivity contribution in [3.8, 4) is 0 Å². The number of esters is 1. The number of allylic oxidation sites excluding steroid dienone is 1. The predicted molar refractivity (Wildman–Crippen MR) is 93.6 cm³/mol. The standard InChI is InChI=1S/C19H24O4S/c1-13-10-15(12-24(22)16-8-6-5-7-9-16)18(19(13,3)4)17(21)11-23-14(2)20/h5-9,12-13,18H,10-11H2,1-4H3/b15-12-/t13-,18-,24?/m1/s1. The van der Waals surface area contributed by atoms with E-state index in [1.807, 2.05) is 44.2 Å². The quantitative estimate of drug-likeness (QED) is 0.764. The van der Waals surface area contributed by atoms with Gasteiger partial charge in [0.2, 0.25) is 0 Å². The lowest BCUT2D eigenvalue weighted by Crippen LogP contribution is -2.33. The second-order valence-corrected chi connectivity index (χ2v) is 8.21. The largest absolute Gasteiger partial charge is 0.458 e. The van der Waals surface area contributed by atoms with E-state index in [9.17, 15) is 13.8 Å². The molecule has 0 aliphatic heterocycles. The van der Waals surface area contributed by atoms with Gasteiger partial charge < -0.3 is 4.74 Å². The van der Waals surface area contributed by atoms with E-state index in [4.69, 9.17) is 4.74 Å². The Morgan fingerprint density at radius 1 is 1.29 bits per heavy atom. The highest BCUT2D eigenvalue weighted by atomic mass is 32.2. The molecule has 0 spiro atoms. The molecule has 1 aromatic carbocycles. The van der Waals surface area contributed by atoms with Gasteiger partial charge in [0.05, 0.1) is 10.8 Å². The summed E-state index contributed by atoms with van der Waals surface area (Å²) in [5, 5.41) is 1.71. The summed E-state index contributed by atoms with van der Waals surface area (Å²) in [4.78, 5) is 24.3. The number of hydrogen-bond acceptors (Lipinski definition) is 4. The highest BCUT2D eigenvalue weighted by Gasteiger charge is 2.47. The van der Waals surface area contributed by atoms with Gasteiger partial charge in [-0.3, -0.25) is 9.59 Å². The van der Waals surface area contributed by atoms with Crippen LogP contribution < -0.4 is 0 Å². The molecule has 0 bridgehead atoms. The summed E-state index contributed by atoms with van der Waals surface area (Å²) in [5.74, 6) is -0.691. The van der Waals surface area contributed by atoms with Crippen LogP contribution in [0.3, 0.4) is 0 Å². The third-order valence-corrected chi connectivity index (χ3v) is 6.15. The van der Waals surface area contributed by atoms with Gasteiger partial charge in [0, 0.05) is 23.1 Å². The fraction of sp³-hybridized carbons (Fsp3) is 0.474. The zero-order chi connectivity index (χ0) is 17.9. The minimum Gasteiger partial charge on any atom is -0.458 e. The second kappa shape index (κ2) is 7.43. The summed E-state index contributed by atoms with van der Waals surface area (Å²) in [5.41, 5.74) is 0.621. The SMILES string of the molecule is CC(=O)OCC(=O)[C@H]1/C(=C\S(=O)c2ccccc2)C[C@@H](C)C1(C)C. The molecule has 4 nitrogen and oxygen atoms in total. The Balaban J connectivity index is 2.29. The number of ether oxygens (including phenoxy) is 1. The Bertz CT molecular complexity index is 676. The van der Waals surface area contributed by atoms with E-state index in [-0.39, 0.29) is 29.6 Å². The maximum Gasteiger partial charge on any atom is 0.303 e. The number of ketones is 1. The predicted octanol–water partition coefficient (Wildman–Crippen LogP) is 3.49. The van der Waals surface area contributed by atoms with Crippen molar-refractivity contribution in [2.75, 3.05) is 6.61 Å². The Hall–Kier alpha value is -1.75. The first-order valence-electron chi connectivity index (χ1n) is 8.05. The van der Waals surface area contributed by atoms with Crippen LogP contribution in [0.25, 0.3) is 0 Å². The summed E-state index contributed by atoms with van der Waals surface area (Å²) in [7, 11) is -1.29. The lowest BCUT2D eigenvalue weighted by molar-refractivity contribution is -0.147. The van der Waals surface area contributed by atoms with E-state index in [2.05, 4.69) is 6.92 Å². The molecule has 1 aliphatic rings.